The van der Waals surface area contributed by atoms with Crippen molar-refractivity contribution in [3.63, 3.8) is 0 Å². The van der Waals surface area contributed by atoms with Crippen molar-refractivity contribution in [2.24, 2.45) is 0 Å². The molecular weight excluding hydrogens is 244 g/mol. The molecule has 0 aliphatic rings. The number of esters is 1. The van der Waals surface area contributed by atoms with E-state index in [1.165, 1.54) is 7.11 Å². The summed E-state index contributed by atoms with van der Waals surface area (Å²) in [5.41, 5.74) is 0. The standard InChI is InChI=1S/C14H28N2O3/c1-5-7-8-9-15-14(18)12(3)16(10-6-2)11-13(17)19-4/h12H,5-11H2,1-4H3,(H,15,18). The maximum absolute atomic E-state index is 12.0. The van der Waals surface area contributed by atoms with Crippen LogP contribution < -0.4 is 5.32 Å². The average Bonchev–Trinajstić information content (AvgIpc) is 2.41. The second kappa shape index (κ2) is 10.8. The first-order valence-electron chi connectivity index (χ1n) is 7.15. The number of nitrogens with one attached hydrogen (secondary N) is 1. The minimum absolute atomic E-state index is 0.0199. The Kier molecular flexibility index (Phi) is 10.2. The van der Waals surface area contributed by atoms with E-state index in [2.05, 4.69) is 17.0 Å². The van der Waals surface area contributed by atoms with Gasteiger partial charge in [-0.05, 0) is 26.3 Å². The van der Waals surface area contributed by atoms with Crippen LogP contribution in [0.25, 0.3) is 0 Å². The highest BCUT2D eigenvalue weighted by atomic mass is 16.5. The summed E-state index contributed by atoms with van der Waals surface area (Å²) >= 11 is 0. The minimum Gasteiger partial charge on any atom is -0.468 e. The summed E-state index contributed by atoms with van der Waals surface area (Å²) in [5, 5.41) is 2.91. The summed E-state index contributed by atoms with van der Waals surface area (Å²) in [6.07, 6.45) is 4.15. The number of hydrogen-bond donors (Lipinski definition) is 1. The van der Waals surface area contributed by atoms with Crippen molar-refractivity contribution in [2.45, 2.75) is 52.5 Å². The zero-order valence-corrected chi connectivity index (χ0v) is 12.7. The third-order valence-corrected chi connectivity index (χ3v) is 3.08. The predicted molar refractivity (Wildman–Crippen MR) is 75.9 cm³/mol. The van der Waals surface area contributed by atoms with Crippen LogP contribution in [0.15, 0.2) is 0 Å². The first-order valence-corrected chi connectivity index (χ1v) is 7.15. The molecule has 0 aromatic carbocycles. The monoisotopic (exact) mass is 272 g/mol. The molecule has 0 radical (unpaired) electrons. The van der Waals surface area contributed by atoms with Crippen LogP contribution in [0.2, 0.25) is 0 Å². The van der Waals surface area contributed by atoms with Crippen molar-refractivity contribution in [2.75, 3.05) is 26.7 Å². The normalized spacial score (nSPS) is 12.3. The van der Waals surface area contributed by atoms with E-state index < -0.39 is 0 Å². The van der Waals surface area contributed by atoms with Crippen molar-refractivity contribution in [1.29, 1.82) is 0 Å². The van der Waals surface area contributed by atoms with Crippen LogP contribution >= 0.6 is 0 Å². The molecule has 0 bridgehead atoms. The van der Waals surface area contributed by atoms with Gasteiger partial charge in [0.2, 0.25) is 5.91 Å². The van der Waals surface area contributed by atoms with E-state index in [1.807, 2.05) is 18.7 Å². The number of unbranched alkanes of at least 4 members (excludes halogenated alkanes) is 2. The molecule has 5 nitrogen and oxygen atoms in total. The Morgan fingerprint density at radius 1 is 1.21 bits per heavy atom. The maximum Gasteiger partial charge on any atom is 0.319 e. The lowest BCUT2D eigenvalue weighted by molar-refractivity contribution is -0.143. The van der Waals surface area contributed by atoms with Crippen molar-refractivity contribution < 1.29 is 14.3 Å². The molecule has 1 atom stereocenters. The van der Waals surface area contributed by atoms with Crippen molar-refractivity contribution in [3.05, 3.63) is 0 Å². The quantitative estimate of drug-likeness (QED) is 0.484. The van der Waals surface area contributed by atoms with Gasteiger partial charge in [-0.25, -0.2) is 0 Å². The summed E-state index contributed by atoms with van der Waals surface area (Å²) in [7, 11) is 1.36. The fourth-order valence-corrected chi connectivity index (χ4v) is 1.83. The Balaban J connectivity index is 4.23. The van der Waals surface area contributed by atoms with E-state index in [0.29, 0.717) is 13.1 Å². The molecule has 0 rings (SSSR count). The SMILES string of the molecule is CCCCCNC(=O)C(C)N(CCC)CC(=O)OC. The van der Waals surface area contributed by atoms with Gasteiger partial charge in [0.05, 0.1) is 19.7 Å². The first-order chi connectivity index (χ1) is 9.06. The fraction of sp³-hybridized carbons (Fsp3) is 0.857. The number of rotatable bonds is 10. The van der Waals surface area contributed by atoms with Crippen LogP contribution in [0.5, 0.6) is 0 Å². The van der Waals surface area contributed by atoms with Crippen LogP contribution in [0.1, 0.15) is 46.5 Å². The molecule has 0 saturated heterocycles. The largest absolute Gasteiger partial charge is 0.468 e. The molecule has 0 aliphatic heterocycles. The predicted octanol–water partition coefficient (Wildman–Crippen LogP) is 1.57. The lowest BCUT2D eigenvalue weighted by Gasteiger charge is -2.26. The molecule has 1 N–H and O–H groups in total. The van der Waals surface area contributed by atoms with Crippen LogP contribution in [-0.4, -0.2) is 49.6 Å². The lowest BCUT2D eigenvalue weighted by Crippen LogP contribution is -2.47. The minimum atomic E-state index is -0.306. The van der Waals surface area contributed by atoms with Crippen molar-refractivity contribution in [1.82, 2.24) is 10.2 Å². The molecule has 112 valence electrons. The highest BCUT2D eigenvalue weighted by Crippen LogP contribution is 2.02. The fourth-order valence-electron chi connectivity index (χ4n) is 1.83. The van der Waals surface area contributed by atoms with Gasteiger partial charge in [0.15, 0.2) is 0 Å². The maximum atomic E-state index is 12.0. The number of hydrogen-bond acceptors (Lipinski definition) is 4. The highest BCUT2D eigenvalue weighted by Gasteiger charge is 2.22. The second-order valence-electron chi connectivity index (χ2n) is 4.72. The lowest BCUT2D eigenvalue weighted by atomic mass is 10.2. The third kappa shape index (κ3) is 7.82. The van der Waals surface area contributed by atoms with Gasteiger partial charge in [0.1, 0.15) is 0 Å². The van der Waals surface area contributed by atoms with Gasteiger partial charge in [-0.1, -0.05) is 26.7 Å². The van der Waals surface area contributed by atoms with Gasteiger partial charge in [-0.3, -0.25) is 14.5 Å². The van der Waals surface area contributed by atoms with Crippen molar-refractivity contribution in [3.8, 4) is 0 Å². The van der Waals surface area contributed by atoms with Gasteiger partial charge < -0.3 is 10.1 Å². The Hall–Kier alpha value is -1.10. The second-order valence-corrected chi connectivity index (χ2v) is 4.72. The van der Waals surface area contributed by atoms with Gasteiger partial charge >= 0.3 is 5.97 Å². The smallest absolute Gasteiger partial charge is 0.319 e. The summed E-state index contributed by atoms with van der Waals surface area (Å²) in [6, 6.07) is -0.305. The summed E-state index contributed by atoms with van der Waals surface area (Å²) < 4.78 is 4.66. The van der Waals surface area contributed by atoms with Crippen molar-refractivity contribution >= 4 is 11.9 Å². The Morgan fingerprint density at radius 2 is 1.89 bits per heavy atom. The van der Waals surface area contributed by atoms with Crippen LogP contribution in [0, 0.1) is 0 Å². The van der Waals surface area contributed by atoms with E-state index >= 15 is 0 Å². The Bertz CT molecular complexity index is 269. The molecule has 0 saturated carbocycles. The number of carbonyl (C=O) groups excluding carboxylic acids is 2. The number of amides is 1. The molecule has 0 fully saturated rings. The molecular formula is C14H28N2O3. The topological polar surface area (TPSA) is 58.6 Å². The molecule has 0 aromatic heterocycles. The van der Waals surface area contributed by atoms with Gasteiger partial charge in [-0.15, -0.1) is 0 Å². The van der Waals surface area contributed by atoms with Crippen LogP contribution in [-0.2, 0) is 14.3 Å². The Labute approximate surface area is 116 Å². The molecule has 1 amide bonds. The molecule has 0 spiro atoms. The number of carbonyl (C=O) groups is 2. The third-order valence-electron chi connectivity index (χ3n) is 3.08. The van der Waals surface area contributed by atoms with E-state index in [0.717, 1.165) is 25.7 Å². The number of nitrogens with zero attached hydrogens (tertiary/aromatic N) is 1. The van der Waals surface area contributed by atoms with E-state index in [-0.39, 0.29) is 24.5 Å². The molecule has 0 heterocycles. The molecule has 5 heteroatoms. The summed E-state index contributed by atoms with van der Waals surface area (Å²) in [5.74, 6) is -0.326. The summed E-state index contributed by atoms with van der Waals surface area (Å²) in [6.45, 7) is 7.55. The van der Waals surface area contributed by atoms with E-state index in [4.69, 9.17) is 0 Å². The van der Waals surface area contributed by atoms with E-state index in [9.17, 15) is 9.59 Å². The molecule has 0 aliphatic carbocycles. The van der Waals surface area contributed by atoms with Gasteiger partial charge in [-0.2, -0.15) is 0 Å². The van der Waals surface area contributed by atoms with E-state index in [1.54, 1.807) is 0 Å². The molecule has 1 unspecified atom stereocenters. The first kappa shape index (κ1) is 17.9. The summed E-state index contributed by atoms with van der Waals surface area (Å²) in [4.78, 5) is 25.2. The average molecular weight is 272 g/mol. The highest BCUT2D eigenvalue weighted by molar-refractivity contribution is 5.82. The zero-order chi connectivity index (χ0) is 14.7. The Morgan fingerprint density at radius 3 is 2.42 bits per heavy atom. The zero-order valence-electron chi connectivity index (χ0n) is 12.7. The molecule has 19 heavy (non-hydrogen) atoms. The van der Waals surface area contributed by atoms with Gasteiger partial charge in [0.25, 0.3) is 0 Å². The van der Waals surface area contributed by atoms with Crippen LogP contribution in [0.3, 0.4) is 0 Å². The number of methoxy groups -OCH3 is 1. The van der Waals surface area contributed by atoms with Crippen LogP contribution in [0.4, 0.5) is 0 Å². The number of ether oxygens (including phenoxy) is 1. The van der Waals surface area contributed by atoms with Gasteiger partial charge in [0, 0.05) is 6.54 Å². The molecule has 0 aromatic rings.